The molecule has 0 radical (unpaired) electrons. The number of rotatable bonds is 30. The first-order valence-corrected chi connectivity index (χ1v) is 18.3. The molecule has 0 aromatic rings. The van der Waals surface area contributed by atoms with Gasteiger partial charge in [0.05, 0.1) is 25.4 Å². The summed E-state index contributed by atoms with van der Waals surface area (Å²) in [6, 6.07) is 0.503. The lowest BCUT2D eigenvalue weighted by Gasteiger charge is -2.47. The average molecular weight is 664 g/mol. The van der Waals surface area contributed by atoms with Crippen LogP contribution in [0.15, 0.2) is 0 Å². The number of quaternary nitrogens is 1. The van der Waals surface area contributed by atoms with E-state index in [2.05, 4.69) is 38.4 Å². The zero-order valence-corrected chi connectivity index (χ0v) is 30.3. The number of unbranched alkanes of at least 4 members (excludes halogenated alkanes) is 14. The summed E-state index contributed by atoms with van der Waals surface area (Å²) in [5, 5.41) is 3.66. The molecule has 4 atom stereocenters. The lowest BCUT2D eigenvalue weighted by Crippen LogP contribution is -3.00. The Kier molecular flexibility index (Phi) is 30.1. The number of hydrogen-bond acceptors (Lipinski definition) is 5. The van der Waals surface area contributed by atoms with E-state index in [9.17, 15) is 0 Å². The Morgan fingerprint density at radius 1 is 0.738 bits per heavy atom. The maximum atomic E-state index is 6.39. The Morgan fingerprint density at radius 2 is 1.24 bits per heavy atom. The molecule has 0 aromatic carbocycles. The molecule has 0 saturated carbocycles. The fourth-order valence-corrected chi connectivity index (χ4v) is 6.36. The summed E-state index contributed by atoms with van der Waals surface area (Å²) in [6.45, 7) is 16.7. The fourth-order valence-electron chi connectivity index (χ4n) is 6.36. The SMILES string of the molecule is CCCCCCCCCCC(C)OCCC1CNCC[N+]1(CCOC(C)CCCCCCCCCC)NCCCN.[Br-]. The summed E-state index contributed by atoms with van der Waals surface area (Å²) < 4.78 is 13.7. The van der Waals surface area contributed by atoms with Gasteiger partial charge in [0.25, 0.3) is 0 Å². The van der Waals surface area contributed by atoms with E-state index < -0.39 is 0 Å². The highest BCUT2D eigenvalue weighted by molar-refractivity contribution is 4.70. The third-order valence-corrected chi connectivity index (χ3v) is 9.25. The zero-order valence-electron chi connectivity index (χ0n) is 28.8. The van der Waals surface area contributed by atoms with Crippen LogP contribution in [0.5, 0.6) is 0 Å². The summed E-state index contributed by atoms with van der Waals surface area (Å²) in [4.78, 5) is 0. The highest BCUT2D eigenvalue weighted by atomic mass is 79.9. The van der Waals surface area contributed by atoms with Crippen molar-refractivity contribution in [1.29, 1.82) is 0 Å². The van der Waals surface area contributed by atoms with Gasteiger partial charge >= 0.3 is 0 Å². The van der Waals surface area contributed by atoms with E-state index in [1.807, 2.05) is 0 Å². The van der Waals surface area contributed by atoms with Crippen LogP contribution in [-0.2, 0) is 9.47 Å². The Balaban J connectivity index is 0.0000168. The average Bonchev–Trinajstić information content (AvgIpc) is 2.97. The molecule has 4 N–H and O–H groups in total. The van der Waals surface area contributed by atoms with E-state index in [0.717, 1.165) is 69.9 Å². The first-order chi connectivity index (χ1) is 20.1. The fraction of sp³-hybridized carbons (Fsp3) is 1.00. The highest BCUT2D eigenvalue weighted by Gasteiger charge is 2.39. The lowest BCUT2D eigenvalue weighted by molar-refractivity contribution is -0.993. The second-order valence-electron chi connectivity index (χ2n) is 13.1. The first-order valence-electron chi connectivity index (χ1n) is 18.3. The molecule has 0 aliphatic carbocycles. The summed E-state index contributed by atoms with van der Waals surface area (Å²) >= 11 is 0. The number of nitrogens with zero attached hydrogens (tertiary/aromatic N) is 1. The standard InChI is InChI=1S/C35H75N4O2.BrH/c1-5-7-9-11-13-15-17-19-22-33(3)40-30-24-35-32-37-27-28-39(35,38-26-21-25-36)29-31-41-34(4)23-20-18-16-14-12-10-8-6-2;/h33-35,37-38H,5-32,36H2,1-4H3;1H/q+1;/p-1. The predicted molar refractivity (Wildman–Crippen MR) is 178 cm³/mol. The van der Waals surface area contributed by atoms with E-state index in [1.165, 1.54) is 116 Å². The molecule has 1 saturated heterocycles. The summed E-state index contributed by atoms with van der Waals surface area (Å²) in [5.41, 5.74) is 9.78. The molecule has 0 aromatic heterocycles. The van der Waals surface area contributed by atoms with Gasteiger partial charge in [-0.2, -0.15) is 5.43 Å². The van der Waals surface area contributed by atoms with E-state index in [-0.39, 0.29) is 17.0 Å². The number of nitrogens with two attached hydrogens (primary N) is 1. The zero-order chi connectivity index (χ0) is 29.9. The van der Waals surface area contributed by atoms with Crippen molar-refractivity contribution in [1.82, 2.24) is 10.7 Å². The molecule has 0 amide bonds. The third-order valence-electron chi connectivity index (χ3n) is 9.25. The van der Waals surface area contributed by atoms with Gasteiger partial charge in [0.15, 0.2) is 0 Å². The van der Waals surface area contributed by atoms with Crippen molar-refractivity contribution in [2.24, 2.45) is 5.73 Å². The van der Waals surface area contributed by atoms with Gasteiger partial charge in [0.2, 0.25) is 0 Å². The van der Waals surface area contributed by atoms with Crippen molar-refractivity contribution in [2.45, 2.75) is 174 Å². The Labute approximate surface area is 273 Å². The largest absolute Gasteiger partial charge is 1.00 e. The second-order valence-corrected chi connectivity index (χ2v) is 13.1. The van der Waals surface area contributed by atoms with Crippen molar-refractivity contribution in [2.75, 3.05) is 52.5 Å². The van der Waals surface area contributed by atoms with E-state index in [0.29, 0.717) is 18.2 Å². The summed E-state index contributed by atoms with van der Waals surface area (Å²) in [6.07, 6.45) is 27.2. The molecule has 1 heterocycles. The lowest BCUT2D eigenvalue weighted by atomic mass is 10.1. The first kappa shape index (κ1) is 42.2. The van der Waals surface area contributed by atoms with Gasteiger partial charge < -0.3 is 37.5 Å². The van der Waals surface area contributed by atoms with Gasteiger partial charge in [-0.3, -0.25) is 0 Å². The van der Waals surface area contributed by atoms with Crippen molar-refractivity contribution in [3.63, 3.8) is 0 Å². The van der Waals surface area contributed by atoms with Gasteiger partial charge in [-0.1, -0.05) is 117 Å². The van der Waals surface area contributed by atoms with Crippen LogP contribution in [0.4, 0.5) is 0 Å². The maximum Gasteiger partial charge on any atom is 0.121 e. The van der Waals surface area contributed by atoms with Gasteiger partial charge in [0, 0.05) is 26.1 Å². The molecule has 42 heavy (non-hydrogen) atoms. The summed E-state index contributed by atoms with van der Waals surface area (Å²) in [7, 11) is 0. The van der Waals surface area contributed by atoms with Gasteiger partial charge in [-0.05, 0) is 39.7 Å². The van der Waals surface area contributed by atoms with Crippen molar-refractivity contribution in [3.05, 3.63) is 0 Å². The molecule has 254 valence electrons. The van der Waals surface area contributed by atoms with E-state index >= 15 is 0 Å². The molecule has 1 aliphatic rings. The second kappa shape index (κ2) is 29.9. The molecule has 0 bridgehead atoms. The number of nitrogens with one attached hydrogen (secondary N) is 2. The van der Waals surface area contributed by atoms with Crippen molar-refractivity contribution in [3.8, 4) is 0 Å². The predicted octanol–water partition coefficient (Wildman–Crippen LogP) is 4.89. The number of ether oxygens (including phenoxy) is 2. The van der Waals surface area contributed by atoms with Crippen LogP contribution < -0.4 is 33.5 Å². The smallest absolute Gasteiger partial charge is 0.121 e. The molecule has 1 aliphatic heterocycles. The molecule has 1 fully saturated rings. The van der Waals surface area contributed by atoms with E-state index in [4.69, 9.17) is 15.2 Å². The normalized spacial score (nSPS) is 20.4. The third kappa shape index (κ3) is 21.9. The van der Waals surface area contributed by atoms with Gasteiger partial charge in [0.1, 0.15) is 19.1 Å². The van der Waals surface area contributed by atoms with Crippen LogP contribution in [0, 0.1) is 0 Å². The minimum absolute atomic E-state index is 0. The quantitative estimate of drug-likeness (QED) is 0.0755. The van der Waals surface area contributed by atoms with E-state index in [1.54, 1.807) is 0 Å². The van der Waals surface area contributed by atoms with Crippen molar-refractivity contribution < 1.29 is 31.0 Å². The monoisotopic (exact) mass is 663 g/mol. The van der Waals surface area contributed by atoms with Gasteiger partial charge in [-0.15, -0.1) is 0 Å². The molecule has 7 heteroatoms. The number of halogens is 1. The number of hydrogen-bond donors (Lipinski definition) is 3. The van der Waals surface area contributed by atoms with Crippen LogP contribution in [0.2, 0.25) is 0 Å². The van der Waals surface area contributed by atoms with Crippen LogP contribution in [0.1, 0.15) is 156 Å². The maximum absolute atomic E-state index is 6.39. The minimum Gasteiger partial charge on any atom is -1.00 e. The van der Waals surface area contributed by atoms with Crippen molar-refractivity contribution >= 4 is 0 Å². The molecule has 1 rings (SSSR count). The van der Waals surface area contributed by atoms with Crippen LogP contribution in [0.25, 0.3) is 0 Å². The molecule has 4 unspecified atom stereocenters. The van der Waals surface area contributed by atoms with Crippen LogP contribution in [0.3, 0.4) is 0 Å². The topological polar surface area (TPSA) is 68.5 Å². The molecule has 6 nitrogen and oxygen atoms in total. The molecule has 0 spiro atoms. The summed E-state index contributed by atoms with van der Waals surface area (Å²) in [5.74, 6) is 0. The van der Waals surface area contributed by atoms with Gasteiger partial charge in [-0.25, -0.2) is 4.59 Å². The number of piperazine rings is 1. The van der Waals surface area contributed by atoms with Crippen LogP contribution in [-0.4, -0.2) is 75.3 Å². The Bertz CT molecular complexity index is 559. The minimum atomic E-state index is 0. The highest BCUT2D eigenvalue weighted by Crippen LogP contribution is 2.19. The molecular weight excluding hydrogens is 588 g/mol. The van der Waals surface area contributed by atoms with Crippen LogP contribution >= 0.6 is 0 Å². The molecular formula is C35H75BrN4O2. The Hall–Kier alpha value is 0.240. The Morgan fingerprint density at radius 3 is 1.76 bits per heavy atom.